The van der Waals surface area contributed by atoms with Crippen molar-refractivity contribution in [3.8, 4) is 6.07 Å². The minimum atomic E-state index is 0.461. The van der Waals surface area contributed by atoms with E-state index in [1.807, 2.05) is 0 Å². The van der Waals surface area contributed by atoms with Gasteiger partial charge in [0.05, 0.1) is 114 Å². The molecule has 13 aromatic rings. The molecule has 0 saturated heterocycles. The van der Waals surface area contributed by atoms with Crippen molar-refractivity contribution < 1.29 is 0 Å². The molecule has 0 spiro atoms. The van der Waals surface area contributed by atoms with E-state index in [1.54, 1.807) is 0 Å². The van der Waals surface area contributed by atoms with Crippen molar-refractivity contribution in [2.24, 2.45) is 0 Å². The van der Waals surface area contributed by atoms with Crippen LogP contribution in [0.25, 0.3) is 0 Å². The Morgan fingerprint density at radius 2 is 0.413 bits per heavy atom. The number of fused-ring (bicyclic) bond motifs is 8. The number of hydrogen-bond acceptors (Lipinski definition) is 9. The largest absolute Gasteiger partial charge is 0.306 e. The molecule has 0 N–H and O–H groups in total. The van der Waals surface area contributed by atoms with Crippen LogP contribution in [0.1, 0.15) is 11.1 Å². The Kier molecular flexibility index (Phi) is 13.8. The highest BCUT2D eigenvalue weighted by Gasteiger charge is 2.44. The third kappa shape index (κ3) is 8.95. The van der Waals surface area contributed by atoms with Crippen molar-refractivity contribution in [2.75, 3.05) is 39.2 Å². The molecule has 4 aliphatic rings. The van der Waals surface area contributed by atoms with Crippen molar-refractivity contribution in [1.82, 2.24) is 0 Å². The number of rotatable bonds is 8. The first-order valence-electron chi connectivity index (χ1n) is 30.4. The molecule has 17 rings (SSSR count). The normalized spacial score (nSPS) is 13.2. The van der Waals surface area contributed by atoms with Gasteiger partial charge >= 0.3 is 0 Å². The van der Waals surface area contributed by atoms with E-state index in [1.165, 1.54) is 5.56 Å². The van der Waals surface area contributed by atoms with Crippen LogP contribution >= 0.6 is 67.8 Å². The lowest BCUT2D eigenvalue weighted by atomic mass is 9.95. The fraction of sp³-hybridized carbons (Fsp3) is 0.0125. The van der Waals surface area contributed by atoms with Crippen LogP contribution in [0.4, 0.5) is 136 Å². The number of nitrogens with zero attached hydrogens (tertiary/aromatic N) is 9. The summed E-state index contributed by atoms with van der Waals surface area (Å²) in [5.74, 6) is 0. The number of para-hydroxylation sites is 16. The lowest BCUT2D eigenvalue weighted by Crippen LogP contribution is -2.31. The summed E-state index contributed by atoms with van der Waals surface area (Å²) in [5, 5.41) is 13.3. The van der Waals surface area contributed by atoms with Gasteiger partial charge in [-0.25, -0.2) is 0 Å². The molecule has 13 aromatic carbocycles. The molecular weight excluding hydrogens is 1470 g/mol. The predicted molar refractivity (Wildman–Crippen MR) is 406 cm³/mol. The Bertz CT molecular complexity index is 4630. The van der Waals surface area contributed by atoms with Crippen LogP contribution in [0.2, 0.25) is 0 Å². The number of anilines is 24. The summed E-state index contributed by atoms with van der Waals surface area (Å²) in [7, 11) is 0. The lowest BCUT2D eigenvalue weighted by Gasteiger charge is -2.47. The van der Waals surface area contributed by atoms with E-state index in [4.69, 9.17) is 0 Å². The van der Waals surface area contributed by atoms with Crippen LogP contribution in [0.15, 0.2) is 297 Å². The molecule has 92 heavy (non-hydrogen) atoms. The second kappa shape index (κ2) is 22.7. The van der Waals surface area contributed by atoms with Crippen molar-refractivity contribution in [3.63, 3.8) is 0 Å². The molecule has 0 atom stereocenters. The average molecular weight is 1520 g/mol. The van der Waals surface area contributed by atoms with Gasteiger partial charge in [-0.1, -0.05) is 115 Å². The molecule has 0 aliphatic carbocycles. The number of nitriles is 1. The van der Waals surface area contributed by atoms with Crippen LogP contribution in [0, 0.1) is 29.0 Å². The molecular formula is C80H52I3N9. The zero-order valence-electron chi connectivity index (χ0n) is 49.4. The molecule has 12 heteroatoms. The van der Waals surface area contributed by atoms with Gasteiger partial charge in [0.2, 0.25) is 0 Å². The summed E-state index contributed by atoms with van der Waals surface area (Å²) in [6, 6.07) is 110. The van der Waals surface area contributed by atoms with Gasteiger partial charge in [-0.05, 0) is 263 Å². The molecule has 0 fully saturated rings. The van der Waals surface area contributed by atoms with Crippen LogP contribution in [0.5, 0.6) is 0 Å². The SMILES string of the molecule is Cc1ccc(N2c3ccccc3N(c3c(N4c5ccccc5N(c5ccc(I)cc5)c5ccccc54)cc(N4c5ccccc5N(c5ccc(I)cc5)c5ccccc54)c(N4c5ccccc5N(c5ccc(I)cc5)c5ccccc54)c3C#N)c3ccccc32)cc1. The first-order valence-corrected chi connectivity index (χ1v) is 33.6. The second-order valence-corrected chi connectivity index (χ2v) is 26.7. The highest BCUT2D eigenvalue weighted by molar-refractivity contribution is 14.1. The second-order valence-electron chi connectivity index (χ2n) is 23.0. The van der Waals surface area contributed by atoms with Crippen molar-refractivity contribution in [3.05, 3.63) is 319 Å². The van der Waals surface area contributed by atoms with E-state index in [0.717, 1.165) is 136 Å². The Labute approximate surface area is 575 Å². The standard InChI is InChI=1S/C80H52I3N9/c1-52-34-42-56(43-35-52)85-65-22-6-14-30-73(65)91(74-31-15-7-23-66(74)85)79-60(51-84)80(92-75-32-16-8-24-67(75)88(59-48-40-55(83)41-49-59)68-25-9-17-33-76(68)92)78(90-71-28-12-4-20-63(71)87(58-46-38-54(82)39-47-58)64-21-5-13-29-72(64)90)50-77(79)89-69-26-10-2-18-61(69)86(57-44-36-53(81)37-45-57)62-19-3-11-27-70(62)89/h2-50H,1H3. The molecule has 0 bridgehead atoms. The van der Waals surface area contributed by atoms with E-state index in [2.05, 4.69) is 417 Å². The third-order valence-corrected chi connectivity index (χ3v) is 19.9. The first-order chi connectivity index (χ1) is 45.3. The van der Waals surface area contributed by atoms with Gasteiger partial charge in [-0.2, -0.15) is 5.26 Å². The maximum Gasteiger partial charge on any atom is 0.104 e. The highest BCUT2D eigenvalue weighted by Crippen LogP contribution is 2.67. The molecule has 4 heterocycles. The summed E-state index contributed by atoms with van der Waals surface area (Å²) < 4.78 is 3.45. The van der Waals surface area contributed by atoms with E-state index in [0.29, 0.717) is 16.9 Å². The Morgan fingerprint density at radius 1 is 0.228 bits per heavy atom. The monoisotopic (exact) mass is 1520 g/mol. The topological polar surface area (TPSA) is 49.7 Å². The van der Waals surface area contributed by atoms with Gasteiger partial charge in [-0.15, -0.1) is 0 Å². The number of hydrogen-bond donors (Lipinski definition) is 0. The minimum absolute atomic E-state index is 0.461. The molecule has 0 saturated carbocycles. The molecule has 4 aliphatic heterocycles. The number of aryl methyl sites for hydroxylation is 1. The molecule has 0 amide bonds. The summed E-state index contributed by atoms with van der Waals surface area (Å²) >= 11 is 7.18. The first kappa shape index (κ1) is 56.0. The van der Waals surface area contributed by atoms with Crippen molar-refractivity contribution in [1.29, 1.82) is 5.26 Å². The van der Waals surface area contributed by atoms with E-state index < -0.39 is 0 Å². The predicted octanol–water partition coefficient (Wildman–Crippen LogP) is 24.7. The van der Waals surface area contributed by atoms with Gasteiger partial charge in [0, 0.05) is 33.5 Å². The molecule has 0 radical (unpaired) electrons. The fourth-order valence-electron chi connectivity index (χ4n) is 13.9. The lowest BCUT2D eigenvalue weighted by molar-refractivity contribution is 1.11. The van der Waals surface area contributed by atoms with E-state index in [9.17, 15) is 5.26 Å². The number of benzene rings is 13. The van der Waals surface area contributed by atoms with Crippen LogP contribution in [-0.4, -0.2) is 0 Å². The van der Waals surface area contributed by atoms with Crippen LogP contribution in [0.3, 0.4) is 0 Å². The molecule has 0 aromatic heterocycles. The van der Waals surface area contributed by atoms with Crippen LogP contribution in [-0.2, 0) is 0 Å². The quantitative estimate of drug-likeness (QED) is 0.139. The fourth-order valence-corrected chi connectivity index (χ4v) is 15.0. The minimum Gasteiger partial charge on any atom is -0.306 e. The van der Waals surface area contributed by atoms with E-state index >= 15 is 0 Å². The van der Waals surface area contributed by atoms with Gasteiger partial charge in [0.25, 0.3) is 0 Å². The summed E-state index contributed by atoms with van der Waals surface area (Å²) in [6.45, 7) is 2.13. The maximum absolute atomic E-state index is 13.3. The molecule has 0 unspecified atom stereocenters. The summed E-state index contributed by atoms with van der Waals surface area (Å²) in [5.41, 5.74) is 24.0. The Morgan fingerprint density at radius 3 is 0.620 bits per heavy atom. The Hall–Kier alpha value is -10.1. The van der Waals surface area contributed by atoms with Crippen molar-refractivity contribution in [2.45, 2.75) is 6.92 Å². The Balaban J connectivity index is 1.05. The summed E-state index contributed by atoms with van der Waals surface area (Å²) in [6.07, 6.45) is 0. The van der Waals surface area contributed by atoms with Gasteiger partial charge < -0.3 is 39.2 Å². The summed E-state index contributed by atoms with van der Waals surface area (Å²) in [4.78, 5) is 19.1. The third-order valence-electron chi connectivity index (χ3n) is 17.7. The van der Waals surface area contributed by atoms with Gasteiger partial charge in [0.15, 0.2) is 0 Å². The zero-order valence-corrected chi connectivity index (χ0v) is 55.9. The smallest absolute Gasteiger partial charge is 0.104 e. The average Bonchev–Trinajstić information content (AvgIpc) is 0.709. The van der Waals surface area contributed by atoms with Gasteiger partial charge in [-0.3, -0.25) is 0 Å². The van der Waals surface area contributed by atoms with Crippen LogP contribution < -0.4 is 39.2 Å². The zero-order chi connectivity index (χ0) is 61.7. The highest BCUT2D eigenvalue weighted by atomic mass is 127. The molecule has 438 valence electrons. The number of halogens is 3. The van der Waals surface area contributed by atoms with Crippen molar-refractivity contribution >= 4 is 204 Å². The molecule has 9 nitrogen and oxygen atoms in total. The van der Waals surface area contributed by atoms with Gasteiger partial charge in [0.1, 0.15) is 11.6 Å². The van der Waals surface area contributed by atoms with E-state index in [-0.39, 0.29) is 0 Å². The maximum atomic E-state index is 13.3.